The number of alkyl halides is 10. The summed E-state index contributed by atoms with van der Waals surface area (Å²) >= 11 is 28.3. The summed E-state index contributed by atoms with van der Waals surface area (Å²) in [5.74, 6) is -1.22. The zero-order valence-electron chi connectivity index (χ0n) is 60.5. The Morgan fingerprint density at radius 3 is 1.32 bits per heavy atom. The Bertz CT molecular complexity index is 4440. The zero-order valence-corrected chi connectivity index (χ0v) is 65.1. The number of aromatic nitrogens is 4. The van der Waals surface area contributed by atoms with Gasteiger partial charge in [0.25, 0.3) is 5.91 Å². The molecule has 4 aromatic carbocycles. The Kier molecular flexibility index (Phi) is 32.0. The van der Waals surface area contributed by atoms with Crippen LogP contribution in [0, 0.1) is 29.6 Å². The van der Waals surface area contributed by atoms with Gasteiger partial charge in [-0.3, -0.25) is 19.2 Å². The van der Waals surface area contributed by atoms with E-state index in [-0.39, 0.29) is 45.6 Å². The Labute approximate surface area is 652 Å². The fraction of sp³-hybridized carbons (Fsp3) is 0.342. The molecule has 6 heterocycles. The number of anilines is 2. The summed E-state index contributed by atoms with van der Waals surface area (Å²) in [5, 5.41) is 32.8. The molecule has 2 atom stereocenters. The van der Waals surface area contributed by atoms with Crippen LogP contribution in [-0.2, 0) is 37.7 Å². The third-order valence-electron chi connectivity index (χ3n) is 16.1. The first-order chi connectivity index (χ1) is 50.6. The third-order valence-corrected chi connectivity index (χ3v) is 17.8. The van der Waals surface area contributed by atoms with Crippen molar-refractivity contribution in [1.29, 1.82) is 10.5 Å². The highest BCUT2D eigenvalue weighted by atomic mass is 79.9. The van der Waals surface area contributed by atoms with Crippen molar-refractivity contribution in [1.82, 2.24) is 30.2 Å². The maximum Gasteiger partial charge on any atom is 0.417 e. The van der Waals surface area contributed by atoms with Gasteiger partial charge >= 0.3 is 24.5 Å². The van der Waals surface area contributed by atoms with E-state index in [4.69, 9.17) is 71.0 Å². The standard InChI is InChI=1S/C27H26Cl2N4O2.C17H15Cl2N3.C11H12F3NO2.C10H10F3NO3.C6H4F3NO.C5H9BrO/c1-18-4-11-25(31-16-18)35-27(2,3)26(34)32-12-13-33(23-10-5-19(15-30)14-22(23)29)24(17-32)20-6-8-21(28)9-7-20;18-14-4-2-13(3-5-14)17-11-21-7-8-22(17)16-6-1-12(10-20)9-15(16)19;1-7(16)10(2,3)17-9-5-4-8(6-15-9)11(12,13)14;1-9(2,8(15)16)17-7-4-3-6(5-14-7)10(11,12)13;7-6(8,9)4-1-2-5(11)10-3-4;1-4(7)5(2,3)6/h4-11,14,16,24H,12-13,17H2,1-3H3;1-6,9,17,21H,7-8,11H2;4-6H,1-3H3;3-5H,1-2H3,(H,15,16);1-3H,(H,10,11);1-3H3/t24-;17-;;;;/m00..../s1. The number of carboxylic acid groups (broad SMARTS) is 1. The molecule has 582 valence electrons. The van der Waals surface area contributed by atoms with Crippen LogP contribution < -0.4 is 34.9 Å². The number of hydrogen-bond acceptors (Lipinski definition) is 16. The zero-order chi connectivity index (χ0) is 81.8. The number of ketones is 2. The molecule has 33 heteroatoms. The number of carbonyl (C=O) groups is 4. The number of hydrogen-bond donors (Lipinski definition) is 3. The number of benzene rings is 4. The molecule has 3 N–H and O–H groups in total. The topological polar surface area (TPSA) is 257 Å². The van der Waals surface area contributed by atoms with Crippen molar-refractivity contribution in [2.45, 2.75) is 128 Å². The number of amides is 1. The average molecular weight is 1670 g/mol. The lowest BCUT2D eigenvalue weighted by molar-refractivity contribution is -0.152. The lowest BCUT2D eigenvalue weighted by atomic mass is 9.99. The number of pyridine rings is 4. The van der Waals surface area contributed by atoms with Gasteiger partial charge in [-0.15, -0.1) is 0 Å². The molecule has 0 unspecified atom stereocenters. The number of carboxylic acids is 1. The number of aliphatic carboxylic acids is 1. The van der Waals surface area contributed by atoms with Gasteiger partial charge in [0.2, 0.25) is 28.8 Å². The van der Waals surface area contributed by atoms with Gasteiger partial charge in [-0.2, -0.15) is 50.0 Å². The average Bonchev–Trinajstić information content (AvgIpc) is 0.776. The fourth-order valence-electron chi connectivity index (χ4n) is 9.46. The molecule has 0 radical (unpaired) electrons. The second kappa shape index (κ2) is 38.7. The number of nitrogens with zero attached hydrogens (tertiary/aromatic N) is 8. The van der Waals surface area contributed by atoms with Crippen LogP contribution in [0.1, 0.15) is 126 Å². The highest BCUT2D eigenvalue weighted by Gasteiger charge is 2.41. The van der Waals surface area contributed by atoms with E-state index in [2.05, 4.69) is 58.1 Å². The molecule has 2 saturated heterocycles. The smallest absolute Gasteiger partial charge is 0.417 e. The highest BCUT2D eigenvalue weighted by molar-refractivity contribution is 9.10. The minimum absolute atomic E-state index is 0.0156. The van der Waals surface area contributed by atoms with Gasteiger partial charge in [0.1, 0.15) is 5.78 Å². The van der Waals surface area contributed by atoms with E-state index in [0.29, 0.717) is 70.3 Å². The van der Waals surface area contributed by atoms with Crippen molar-refractivity contribution in [2.75, 3.05) is 49.1 Å². The fourth-order valence-corrected chi connectivity index (χ4v) is 10.3. The number of nitrogens with one attached hydrogen (secondary N) is 2. The number of aromatic amines is 1. The molecule has 0 aliphatic carbocycles. The molecule has 109 heavy (non-hydrogen) atoms. The largest absolute Gasteiger partial charge is 0.478 e. The molecule has 2 fully saturated rings. The van der Waals surface area contributed by atoms with Crippen LogP contribution in [-0.4, -0.2) is 114 Å². The van der Waals surface area contributed by atoms with E-state index in [0.717, 1.165) is 83.6 Å². The minimum Gasteiger partial charge on any atom is -0.478 e. The summed E-state index contributed by atoms with van der Waals surface area (Å²) in [4.78, 5) is 75.6. The second-order valence-electron chi connectivity index (χ2n) is 26.1. The van der Waals surface area contributed by atoms with Gasteiger partial charge in [0, 0.05) is 98.4 Å². The van der Waals surface area contributed by atoms with Gasteiger partial charge in [-0.1, -0.05) is 92.7 Å². The molecule has 4 aromatic heterocycles. The van der Waals surface area contributed by atoms with Gasteiger partial charge < -0.3 is 44.3 Å². The van der Waals surface area contributed by atoms with Crippen molar-refractivity contribution in [3.8, 4) is 29.8 Å². The van der Waals surface area contributed by atoms with Crippen LogP contribution in [0.3, 0.4) is 0 Å². The van der Waals surface area contributed by atoms with E-state index < -0.39 is 63.6 Å². The maximum atomic E-state index is 13.6. The van der Waals surface area contributed by atoms with E-state index in [1.165, 1.54) is 40.2 Å². The van der Waals surface area contributed by atoms with Crippen molar-refractivity contribution < 1.29 is 78.0 Å². The predicted molar refractivity (Wildman–Crippen MR) is 401 cm³/mol. The first-order valence-electron chi connectivity index (χ1n) is 32.8. The minimum atomic E-state index is -4.48. The van der Waals surface area contributed by atoms with Crippen molar-refractivity contribution in [3.63, 3.8) is 0 Å². The molecule has 1 amide bonds. The normalized spacial score (nSPS) is 14.5. The number of carbonyl (C=O) groups excluding carboxylic acids is 3. The molecule has 0 bridgehead atoms. The summed E-state index contributed by atoms with van der Waals surface area (Å²) < 4.78 is 125. The van der Waals surface area contributed by atoms with Crippen LogP contribution in [0.15, 0.2) is 163 Å². The number of Topliss-reactive ketones (excluding diaryl/α,β-unsaturated/α-hetero) is 2. The molecule has 2 aliphatic heterocycles. The van der Waals surface area contributed by atoms with Crippen molar-refractivity contribution in [2.24, 2.45) is 0 Å². The quantitative estimate of drug-likeness (QED) is 0.0675. The number of ether oxygens (including phenoxy) is 3. The van der Waals surface area contributed by atoms with Crippen molar-refractivity contribution >= 4 is 97.2 Å². The molecule has 0 spiro atoms. The Balaban J connectivity index is 0.000000250. The molecule has 0 saturated carbocycles. The number of piperazine rings is 2. The molecule has 10 rings (SSSR count). The maximum absolute atomic E-state index is 13.6. The SMILES string of the molecule is CC(=O)C(C)(C)Br.CC(=O)C(C)(C)Oc1ccc(C(F)(F)F)cn1.CC(C)(Oc1ccc(C(F)(F)F)cn1)C(=O)O.Cc1ccc(OC(C)(C)C(=O)N2CCN(c3ccc(C#N)cc3Cl)[C@H](c3ccc(Cl)cc3)C2)nc1.N#Cc1ccc(N2CCNC[C@H]2c2ccc(Cl)cc2)c(Cl)c1.O=c1ccc(C(F)(F)F)c[nH]1. The first-order valence-corrected chi connectivity index (χ1v) is 35.1. The monoisotopic (exact) mass is 1660 g/mol. The van der Waals surface area contributed by atoms with E-state index in [1.54, 1.807) is 51.2 Å². The van der Waals surface area contributed by atoms with Gasteiger partial charge in [0.15, 0.2) is 17.0 Å². The second-order valence-corrected chi connectivity index (χ2v) is 29.8. The Morgan fingerprint density at radius 2 is 0.954 bits per heavy atom. The van der Waals surface area contributed by atoms with Gasteiger partial charge in [-0.05, 0) is 172 Å². The summed E-state index contributed by atoms with van der Waals surface area (Å²) in [5.41, 5.74) is -0.849. The van der Waals surface area contributed by atoms with E-state index in [9.17, 15) is 68.7 Å². The first kappa shape index (κ1) is 90.1. The van der Waals surface area contributed by atoms with Gasteiger partial charge in [-0.25, -0.2) is 19.7 Å². The van der Waals surface area contributed by atoms with E-state index in [1.807, 2.05) is 103 Å². The molecule has 19 nitrogen and oxygen atoms in total. The molecule has 2 aliphatic rings. The summed E-state index contributed by atoms with van der Waals surface area (Å²) in [6.07, 6.45) is -9.67. The number of halogens is 14. The van der Waals surface area contributed by atoms with Crippen LogP contribution in [0.25, 0.3) is 0 Å². The van der Waals surface area contributed by atoms with Crippen LogP contribution in [0.5, 0.6) is 17.6 Å². The summed E-state index contributed by atoms with van der Waals surface area (Å²) in [6, 6.07) is 39.5. The third kappa shape index (κ3) is 27.8. The van der Waals surface area contributed by atoms with Crippen molar-refractivity contribution in [3.05, 3.63) is 233 Å². The number of H-pyrrole nitrogens is 1. The summed E-state index contributed by atoms with van der Waals surface area (Å²) in [7, 11) is 0. The predicted octanol–water partition coefficient (Wildman–Crippen LogP) is 18.2. The highest BCUT2D eigenvalue weighted by Crippen LogP contribution is 2.39. The number of rotatable bonds is 14. The van der Waals surface area contributed by atoms with Gasteiger partial charge in [0.05, 0.1) is 77.8 Å². The van der Waals surface area contributed by atoms with Crippen LogP contribution in [0.4, 0.5) is 50.9 Å². The molecule has 8 aromatic rings. The lowest BCUT2D eigenvalue weighted by Crippen LogP contribution is -2.56. The lowest BCUT2D eigenvalue weighted by Gasteiger charge is -2.45. The Hall–Kier alpha value is -9.49. The number of aryl methyl sites for hydroxylation is 1. The number of nitriles is 2. The Morgan fingerprint density at radius 1 is 0.541 bits per heavy atom. The van der Waals surface area contributed by atoms with Crippen LogP contribution >= 0.6 is 62.3 Å². The summed E-state index contributed by atoms with van der Waals surface area (Å²) in [6.45, 7) is 21.7. The molecular weight excluding hydrogens is 1590 g/mol. The van der Waals surface area contributed by atoms with Crippen LogP contribution in [0.2, 0.25) is 20.1 Å². The molecular formula is C76H76BrCl4F9N10O9. The van der Waals surface area contributed by atoms with E-state index >= 15 is 0 Å².